The Balaban J connectivity index is 1.34. The highest BCUT2D eigenvalue weighted by atomic mass is 16.5. The van der Waals surface area contributed by atoms with Gasteiger partial charge in [0.1, 0.15) is 12.4 Å². The molecule has 3 saturated heterocycles. The van der Waals surface area contributed by atoms with Gasteiger partial charge in [-0.25, -0.2) is 0 Å². The maximum Gasteiger partial charge on any atom is 0.191 e. The lowest BCUT2D eigenvalue weighted by molar-refractivity contribution is 0.0154. The number of fused-ring (bicyclic) bond motifs is 3. The van der Waals surface area contributed by atoms with Gasteiger partial charge in [-0.15, -0.1) is 0 Å². The lowest BCUT2D eigenvalue weighted by Gasteiger charge is -2.47. The first-order valence-electron chi connectivity index (χ1n) is 8.44. The van der Waals surface area contributed by atoms with Gasteiger partial charge in [-0.1, -0.05) is 18.2 Å². The molecule has 6 nitrogen and oxygen atoms in total. The van der Waals surface area contributed by atoms with Crippen LogP contribution in [-0.2, 0) is 0 Å². The average Bonchev–Trinajstić information content (AvgIpc) is 2.63. The summed E-state index contributed by atoms with van der Waals surface area (Å²) in [7, 11) is 1.81. The number of nitrogens with zero attached hydrogens (tertiary/aromatic N) is 3. The van der Waals surface area contributed by atoms with Gasteiger partial charge in [-0.3, -0.25) is 14.8 Å². The molecule has 3 aliphatic heterocycles. The van der Waals surface area contributed by atoms with Gasteiger partial charge in [-0.05, 0) is 12.1 Å². The van der Waals surface area contributed by atoms with Crippen LogP contribution in [0.3, 0.4) is 0 Å². The van der Waals surface area contributed by atoms with Crippen LogP contribution in [0, 0.1) is 0 Å². The number of piperazine rings is 3. The summed E-state index contributed by atoms with van der Waals surface area (Å²) < 4.78 is 5.68. The molecule has 0 radical (unpaired) electrons. The molecule has 0 spiro atoms. The quantitative estimate of drug-likeness (QED) is 0.447. The highest BCUT2D eigenvalue weighted by molar-refractivity contribution is 5.79. The third-order valence-corrected chi connectivity index (χ3v) is 4.53. The van der Waals surface area contributed by atoms with Crippen molar-refractivity contribution in [1.82, 2.24) is 20.4 Å². The van der Waals surface area contributed by atoms with Crippen LogP contribution in [0.15, 0.2) is 35.3 Å². The van der Waals surface area contributed by atoms with E-state index >= 15 is 0 Å². The topological polar surface area (TPSA) is 52.1 Å². The monoisotopic (exact) mass is 317 g/mol. The Morgan fingerprint density at radius 1 is 1.17 bits per heavy atom. The highest BCUT2D eigenvalue weighted by Gasteiger charge is 2.31. The van der Waals surface area contributed by atoms with Crippen LogP contribution in [0.5, 0.6) is 5.75 Å². The highest BCUT2D eigenvalue weighted by Crippen LogP contribution is 2.14. The molecule has 126 valence electrons. The summed E-state index contributed by atoms with van der Waals surface area (Å²) in [6.07, 6.45) is 0. The second kappa shape index (κ2) is 8.17. The van der Waals surface area contributed by atoms with Crippen LogP contribution in [0.2, 0.25) is 0 Å². The molecule has 1 aromatic rings. The minimum atomic E-state index is 0.594. The number of benzene rings is 1. The van der Waals surface area contributed by atoms with Crippen molar-refractivity contribution < 1.29 is 4.74 Å². The third kappa shape index (κ3) is 4.59. The van der Waals surface area contributed by atoms with E-state index in [9.17, 15) is 0 Å². The molecule has 1 aromatic carbocycles. The largest absolute Gasteiger partial charge is 0.492 e. The summed E-state index contributed by atoms with van der Waals surface area (Å²) in [5.74, 6) is 1.75. The summed E-state index contributed by atoms with van der Waals surface area (Å²) in [5.41, 5.74) is 0. The molecule has 6 heteroatoms. The van der Waals surface area contributed by atoms with Crippen LogP contribution in [0.1, 0.15) is 0 Å². The van der Waals surface area contributed by atoms with Crippen molar-refractivity contribution >= 4 is 5.96 Å². The van der Waals surface area contributed by atoms with Gasteiger partial charge in [-0.2, -0.15) is 0 Å². The molecule has 0 amide bonds. The van der Waals surface area contributed by atoms with Crippen LogP contribution in [0.4, 0.5) is 0 Å². The maximum atomic E-state index is 5.68. The molecular weight excluding hydrogens is 290 g/mol. The van der Waals surface area contributed by atoms with E-state index < -0.39 is 0 Å². The SMILES string of the molecule is CN=C(NCCOc1ccccc1)NCC1CN2CCN1CC2. The minimum absolute atomic E-state index is 0.594. The Bertz CT molecular complexity index is 499. The first-order valence-corrected chi connectivity index (χ1v) is 8.44. The number of guanidine groups is 1. The zero-order chi connectivity index (χ0) is 15.9. The summed E-state index contributed by atoms with van der Waals surface area (Å²) in [4.78, 5) is 9.42. The van der Waals surface area contributed by atoms with Crippen LogP contribution in [-0.4, -0.2) is 81.3 Å². The van der Waals surface area contributed by atoms with E-state index in [4.69, 9.17) is 4.74 Å². The zero-order valence-electron chi connectivity index (χ0n) is 13.9. The van der Waals surface area contributed by atoms with Gasteiger partial charge in [0.05, 0.1) is 6.54 Å². The second-order valence-electron chi connectivity index (χ2n) is 6.03. The van der Waals surface area contributed by atoms with Crippen molar-refractivity contribution in [1.29, 1.82) is 0 Å². The Hall–Kier alpha value is -1.79. The van der Waals surface area contributed by atoms with Crippen molar-refractivity contribution in [3.05, 3.63) is 30.3 Å². The molecule has 3 aliphatic rings. The van der Waals surface area contributed by atoms with E-state index in [1.54, 1.807) is 0 Å². The fraction of sp³-hybridized carbons (Fsp3) is 0.588. The van der Waals surface area contributed by atoms with Crippen LogP contribution >= 0.6 is 0 Å². The first kappa shape index (κ1) is 16.1. The van der Waals surface area contributed by atoms with Crippen LogP contribution in [0.25, 0.3) is 0 Å². The van der Waals surface area contributed by atoms with Gasteiger partial charge in [0.25, 0.3) is 0 Å². The van der Waals surface area contributed by atoms with Crippen molar-refractivity contribution in [2.75, 3.05) is 59.5 Å². The molecule has 1 atom stereocenters. The second-order valence-corrected chi connectivity index (χ2v) is 6.03. The molecule has 2 bridgehead atoms. The fourth-order valence-corrected chi connectivity index (χ4v) is 3.21. The van der Waals surface area contributed by atoms with Crippen molar-refractivity contribution in [2.45, 2.75) is 6.04 Å². The summed E-state index contributed by atoms with van der Waals surface area (Å²) in [6.45, 7) is 8.30. The predicted octanol–water partition coefficient (Wildman–Crippen LogP) is 0.230. The molecule has 2 N–H and O–H groups in total. The fourth-order valence-electron chi connectivity index (χ4n) is 3.21. The number of aliphatic imine (C=N–C) groups is 1. The van der Waals surface area contributed by atoms with Gasteiger partial charge < -0.3 is 15.4 Å². The summed E-state index contributed by atoms with van der Waals surface area (Å²) >= 11 is 0. The van der Waals surface area contributed by atoms with Crippen molar-refractivity contribution in [3.63, 3.8) is 0 Å². The Morgan fingerprint density at radius 3 is 2.61 bits per heavy atom. The number of ether oxygens (including phenoxy) is 1. The predicted molar refractivity (Wildman–Crippen MR) is 93.1 cm³/mol. The minimum Gasteiger partial charge on any atom is -0.492 e. The van der Waals surface area contributed by atoms with E-state index in [0.29, 0.717) is 12.6 Å². The van der Waals surface area contributed by atoms with E-state index in [0.717, 1.165) is 24.8 Å². The number of hydrogen-bond donors (Lipinski definition) is 2. The van der Waals surface area contributed by atoms with Gasteiger partial charge in [0.15, 0.2) is 5.96 Å². The summed E-state index contributed by atoms with van der Waals surface area (Å²) in [6, 6.07) is 10.5. The van der Waals surface area contributed by atoms with Crippen LogP contribution < -0.4 is 15.4 Å². The Morgan fingerprint density at radius 2 is 1.96 bits per heavy atom. The molecule has 3 fully saturated rings. The third-order valence-electron chi connectivity index (χ3n) is 4.53. The molecule has 23 heavy (non-hydrogen) atoms. The molecule has 0 saturated carbocycles. The molecule has 1 unspecified atom stereocenters. The lowest BCUT2D eigenvalue weighted by atomic mass is 10.1. The number of para-hydroxylation sites is 1. The van der Waals surface area contributed by atoms with Gasteiger partial charge in [0.2, 0.25) is 0 Å². The number of nitrogens with one attached hydrogen (secondary N) is 2. The van der Waals surface area contributed by atoms with Crippen molar-refractivity contribution in [2.24, 2.45) is 4.99 Å². The lowest BCUT2D eigenvalue weighted by Crippen LogP contribution is -2.63. The molecule has 3 heterocycles. The van der Waals surface area contributed by atoms with Crippen molar-refractivity contribution in [3.8, 4) is 5.75 Å². The zero-order valence-corrected chi connectivity index (χ0v) is 13.9. The smallest absolute Gasteiger partial charge is 0.191 e. The van der Waals surface area contributed by atoms with E-state index in [1.807, 2.05) is 37.4 Å². The van der Waals surface area contributed by atoms with E-state index in [-0.39, 0.29) is 0 Å². The Kier molecular flexibility index (Phi) is 5.71. The molecular formula is C17H27N5O. The summed E-state index contributed by atoms with van der Waals surface area (Å²) in [5, 5.41) is 6.74. The molecule has 0 aliphatic carbocycles. The standard InChI is InChI=1S/C17H27N5O/c1-18-17(19-7-12-23-16-5-3-2-4-6-16)20-13-15-14-21-8-10-22(15)11-9-21/h2-6,15H,7-14H2,1H3,(H2,18,19,20). The maximum absolute atomic E-state index is 5.68. The number of hydrogen-bond acceptors (Lipinski definition) is 4. The molecule has 4 rings (SSSR count). The number of rotatable bonds is 6. The van der Waals surface area contributed by atoms with E-state index in [1.165, 1.54) is 32.7 Å². The van der Waals surface area contributed by atoms with Gasteiger partial charge >= 0.3 is 0 Å². The Labute approximate surface area is 138 Å². The first-order chi connectivity index (χ1) is 11.3. The van der Waals surface area contributed by atoms with E-state index in [2.05, 4.69) is 25.4 Å². The average molecular weight is 317 g/mol. The van der Waals surface area contributed by atoms with Gasteiger partial charge in [0, 0.05) is 52.4 Å². The molecule has 0 aromatic heterocycles. The normalized spacial score (nSPS) is 26.8.